The van der Waals surface area contributed by atoms with Gasteiger partial charge >= 0.3 is 0 Å². The normalized spacial score (nSPS) is 29.4. The van der Waals surface area contributed by atoms with Gasteiger partial charge in [0.1, 0.15) is 0 Å². The van der Waals surface area contributed by atoms with Gasteiger partial charge in [-0.15, -0.1) is 0 Å². The number of piperidine rings is 1. The summed E-state index contributed by atoms with van der Waals surface area (Å²) in [5, 5.41) is 3.51. The highest BCUT2D eigenvalue weighted by Crippen LogP contribution is 2.48. The molecule has 3 aliphatic rings. The number of pyridine rings is 1. The molecule has 3 heterocycles. The second kappa shape index (κ2) is 7.28. The van der Waals surface area contributed by atoms with Crippen LogP contribution >= 0.6 is 0 Å². The van der Waals surface area contributed by atoms with Gasteiger partial charge < -0.3 is 25.3 Å². The van der Waals surface area contributed by atoms with Gasteiger partial charge in [0.2, 0.25) is 0 Å². The maximum absolute atomic E-state index is 12.7. The molecule has 27 heavy (non-hydrogen) atoms. The van der Waals surface area contributed by atoms with Crippen LogP contribution in [-0.4, -0.2) is 54.8 Å². The Bertz CT molecular complexity index is 771. The Hall–Kier alpha value is -1.86. The minimum absolute atomic E-state index is 0.0699. The summed E-state index contributed by atoms with van der Waals surface area (Å²) in [5.74, 6) is -0.493. The highest BCUT2D eigenvalue weighted by Gasteiger charge is 2.48. The van der Waals surface area contributed by atoms with Crippen molar-refractivity contribution in [3.05, 3.63) is 28.2 Å². The highest BCUT2D eigenvalue weighted by molar-refractivity contribution is 5.98. The van der Waals surface area contributed by atoms with E-state index in [1.54, 1.807) is 16.8 Å². The second-order valence-electron chi connectivity index (χ2n) is 8.49. The van der Waals surface area contributed by atoms with Crippen LogP contribution in [0.15, 0.2) is 17.1 Å². The van der Waals surface area contributed by atoms with Crippen molar-refractivity contribution in [1.82, 2.24) is 9.47 Å². The van der Waals surface area contributed by atoms with E-state index in [1.807, 2.05) is 0 Å². The van der Waals surface area contributed by atoms with E-state index in [0.717, 1.165) is 32.4 Å². The van der Waals surface area contributed by atoms with E-state index in [-0.39, 0.29) is 23.1 Å². The third-order valence-corrected chi connectivity index (χ3v) is 6.73. The first kappa shape index (κ1) is 18.5. The van der Waals surface area contributed by atoms with E-state index in [2.05, 4.69) is 17.3 Å². The fraction of sp³-hybridized carbons (Fsp3) is 0.700. The predicted molar refractivity (Wildman–Crippen MR) is 104 cm³/mol. The number of carbonyl (C=O) groups excluding carboxylic acids is 1. The Morgan fingerprint density at radius 2 is 2.07 bits per heavy atom. The Balaban J connectivity index is 1.60. The van der Waals surface area contributed by atoms with Crippen molar-refractivity contribution in [1.29, 1.82) is 0 Å². The van der Waals surface area contributed by atoms with Crippen LogP contribution in [-0.2, 0) is 4.74 Å². The number of nitrogens with two attached hydrogens (primary N) is 1. The smallest absolute Gasteiger partial charge is 0.252 e. The number of carbonyl (C=O) groups is 1. The standard InChI is InChI=1S/C20H30N4O3/c1-23-8-2-6-20(13-23)7-3-17(20)22-16-11-18(25)24(12-15(16)19(21)26)14-4-9-27-10-5-14/h11-12,14,17,22H,2-10,13H2,1H3,(H2,21,26). The first-order chi connectivity index (χ1) is 13.0. The number of likely N-dealkylation sites (tertiary alicyclic amines) is 1. The molecule has 3 fully saturated rings. The van der Waals surface area contributed by atoms with Gasteiger partial charge in [-0.1, -0.05) is 0 Å². The molecule has 7 nitrogen and oxygen atoms in total. The molecule has 4 rings (SSSR count). The van der Waals surface area contributed by atoms with Crippen LogP contribution in [0.25, 0.3) is 0 Å². The Morgan fingerprint density at radius 1 is 1.30 bits per heavy atom. The van der Waals surface area contributed by atoms with Crippen LogP contribution in [0.2, 0.25) is 0 Å². The molecule has 2 unspecified atom stereocenters. The van der Waals surface area contributed by atoms with Gasteiger partial charge in [-0.3, -0.25) is 9.59 Å². The largest absolute Gasteiger partial charge is 0.381 e. The molecule has 2 aliphatic heterocycles. The zero-order chi connectivity index (χ0) is 19.0. The van der Waals surface area contributed by atoms with Crippen molar-refractivity contribution < 1.29 is 9.53 Å². The van der Waals surface area contributed by atoms with Crippen LogP contribution in [0.3, 0.4) is 0 Å². The fourth-order valence-corrected chi connectivity index (χ4v) is 5.11. The lowest BCUT2D eigenvalue weighted by Crippen LogP contribution is -2.57. The number of nitrogens with one attached hydrogen (secondary N) is 1. The van der Waals surface area contributed by atoms with Gasteiger partial charge in [0.15, 0.2) is 0 Å². The summed E-state index contributed by atoms with van der Waals surface area (Å²) in [7, 11) is 2.17. The van der Waals surface area contributed by atoms with Crippen LogP contribution in [0.4, 0.5) is 5.69 Å². The molecule has 1 aliphatic carbocycles. The number of anilines is 1. The molecule has 7 heteroatoms. The molecule has 0 bridgehead atoms. The maximum Gasteiger partial charge on any atom is 0.252 e. The second-order valence-corrected chi connectivity index (χ2v) is 8.49. The lowest BCUT2D eigenvalue weighted by molar-refractivity contribution is 0.0175. The number of amides is 1. The summed E-state index contributed by atoms with van der Waals surface area (Å²) in [6, 6.07) is 1.92. The number of primary amides is 1. The van der Waals surface area contributed by atoms with E-state index in [1.165, 1.54) is 19.3 Å². The van der Waals surface area contributed by atoms with Gasteiger partial charge in [-0.2, -0.15) is 0 Å². The van der Waals surface area contributed by atoms with Gasteiger partial charge in [0.05, 0.1) is 11.3 Å². The number of ether oxygens (including phenoxy) is 1. The van der Waals surface area contributed by atoms with Crippen molar-refractivity contribution in [2.45, 2.75) is 50.6 Å². The maximum atomic E-state index is 12.7. The summed E-state index contributed by atoms with van der Waals surface area (Å²) in [6.45, 7) is 3.49. The number of nitrogens with zero attached hydrogens (tertiary/aromatic N) is 2. The Kier molecular flexibility index (Phi) is 4.99. The van der Waals surface area contributed by atoms with Gasteiger partial charge in [0.25, 0.3) is 11.5 Å². The number of rotatable bonds is 4. The molecule has 0 aromatic carbocycles. The molecule has 0 radical (unpaired) electrons. The summed E-state index contributed by atoms with van der Waals surface area (Å²) < 4.78 is 7.05. The summed E-state index contributed by atoms with van der Waals surface area (Å²) >= 11 is 0. The molecule has 2 saturated heterocycles. The summed E-state index contributed by atoms with van der Waals surface area (Å²) in [6.07, 6.45) is 7.87. The topological polar surface area (TPSA) is 89.6 Å². The first-order valence-corrected chi connectivity index (χ1v) is 10.1. The van der Waals surface area contributed by atoms with Crippen molar-refractivity contribution in [2.24, 2.45) is 11.1 Å². The number of hydrogen-bond acceptors (Lipinski definition) is 5. The first-order valence-electron chi connectivity index (χ1n) is 10.1. The molecule has 1 spiro atoms. The Labute approximate surface area is 159 Å². The number of aromatic nitrogens is 1. The minimum Gasteiger partial charge on any atom is -0.381 e. The van der Waals surface area contributed by atoms with Gasteiger partial charge in [0, 0.05) is 49.5 Å². The highest BCUT2D eigenvalue weighted by atomic mass is 16.5. The van der Waals surface area contributed by atoms with Gasteiger partial charge in [-0.25, -0.2) is 0 Å². The summed E-state index contributed by atoms with van der Waals surface area (Å²) in [4.78, 5) is 27.2. The van der Waals surface area contributed by atoms with Crippen LogP contribution < -0.4 is 16.6 Å². The monoisotopic (exact) mass is 374 g/mol. The molecule has 1 saturated carbocycles. The van der Waals surface area contributed by atoms with Crippen LogP contribution in [0, 0.1) is 5.41 Å². The van der Waals surface area contributed by atoms with Crippen molar-refractivity contribution in [2.75, 3.05) is 38.7 Å². The van der Waals surface area contributed by atoms with E-state index >= 15 is 0 Å². The SMILES string of the molecule is CN1CCCC2(CCC2Nc2cc(=O)n(C3CCOCC3)cc2C(N)=O)C1. The average molecular weight is 374 g/mol. The third kappa shape index (κ3) is 3.50. The quantitative estimate of drug-likeness (QED) is 0.835. The van der Waals surface area contributed by atoms with Crippen LogP contribution in [0.1, 0.15) is 54.9 Å². The minimum atomic E-state index is -0.493. The lowest BCUT2D eigenvalue weighted by Gasteiger charge is -2.54. The van der Waals surface area contributed by atoms with E-state index in [4.69, 9.17) is 10.5 Å². The third-order valence-electron chi connectivity index (χ3n) is 6.73. The van der Waals surface area contributed by atoms with E-state index < -0.39 is 5.91 Å². The molecule has 1 amide bonds. The van der Waals surface area contributed by atoms with Crippen LogP contribution in [0.5, 0.6) is 0 Å². The molecule has 2 atom stereocenters. The van der Waals surface area contributed by atoms with Crippen molar-refractivity contribution in [3.63, 3.8) is 0 Å². The molecular formula is C20H30N4O3. The lowest BCUT2D eigenvalue weighted by atomic mass is 9.60. The Morgan fingerprint density at radius 3 is 2.70 bits per heavy atom. The predicted octanol–water partition coefficient (Wildman–Crippen LogP) is 1.58. The molecule has 148 valence electrons. The molecular weight excluding hydrogens is 344 g/mol. The van der Waals surface area contributed by atoms with Crippen molar-refractivity contribution >= 4 is 11.6 Å². The van der Waals surface area contributed by atoms with E-state index in [0.29, 0.717) is 24.5 Å². The molecule has 3 N–H and O–H groups in total. The average Bonchev–Trinajstić information content (AvgIpc) is 2.65. The summed E-state index contributed by atoms with van der Waals surface area (Å²) in [5.41, 5.74) is 6.83. The van der Waals surface area contributed by atoms with Crippen molar-refractivity contribution in [3.8, 4) is 0 Å². The molecule has 1 aromatic rings. The zero-order valence-electron chi connectivity index (χ0n) is 16.1. The number of hydrogen-bond donors (Lipinski definition) is 2. The fourth-order valence-electron chi connectivity index (χ4n) is 5.11. The molecule has 1 aromatic heterocycles. The zero-order valence-corrected chi connectivity index (χ0v) is 16.1. The van der Waals surface area contributed by atoms with Gasteiger partial charge in [-0.05, 0) is 52.1 Å². The van der Waals surface area contributed by atoms with E-state index in [9.17, 15) is 9.59 Å².